The van der Waals surface area contributed by atoms with Gasteiger partial charge in [-0.3, -0.25) is 4.90 Å². The smallest absolute Gasteiger partial charge is 0.319 e. The number of urea groups is 1. The van der Waals surface area contributed by atoms with Crippen molar-refractivity contribution in [2.45, 2.75) is 31.7 Å². The van der Waals surface area contributed by atoms with Gasteiger partial charge in [-0.2, -0.15) is 0 Å². The van der Waals surface area contributed by atoms with Gasteiger partial charge in [0, 0.05) is 19.6 Å². The number of furan rings is 1. The molecule has 0 aliphatic carbocycles. The summed E-state index contributed by atoms with van der Waals surface area (Å²) in [5.41, 5.74) is 0.700. The highest BCUT2D eigenvalue weighted by Gasteiger charge is 2.26. The summed E-state index contributed by atoms with van der Waals surface area (Å²) in [6.45, 7) is 4.71. The first-order chi connectivity index (χ1) is 13.3. The molecule has 27 heavy (non-hydrogen) atoms. The standard InChI is InChI=1S/C20H27N5O2/c26-20(23-16-7-8-19(21-14-16)25-11-3-4-12-25)22-15-17(18-6-5-13-27-18)24-9-1-2-10-24/h5-8,13-14,17H,1-4,9-12,15H2,(H2,22,23,26)/t17-/m1/s1. The summed E-state index contributed by atoms with van der Waals surface area (Å²) in [7, 11) is 0. The third-order valence-corrected chi connectivity index (χ3v) is 5.34. The van der Waals surface area contributed by atoms with Crippen LogP contribution in [0.1, 0.15) is 37.5 Å². The van der Waals surface area contributed by atoms with Gasteiger partial charge < -0.3 is 20.0 Å². The van der Waals surface area contributed by atoms with Crippen LogP contribution in [0.2, 0.25) is 0 Å². The summed E-state index contributed by atoms with van der Waals surface area (Å²) < 4.78 is 5.59. The fourth-order valence-electron chi connectivity index (χ4n) is 3.90. The lowest BCUT2D eigenvalue weighted by atomic mass is 10.2. The van der Waals surface area contributed by atoms with Crippen LogP contribution in [0.15, 0.2) is 41.1 Å². The van der Waals surface area contributed by atoms with Gasteiger partial charge in [0.15, 0.2) is 0 Å². The first-order valence-electron chi connectivity index (χ1n) is 9.83. The van der Waals surface area contributed by atoms with E-state index in [9.17, 15) is 4.79 Å². The van der Waals surface area contributed by atoms with Crippen molar-refractivity contribution in [2.75, 3.05) is 42.9 Å². The Morgan fingerprint density at radius 3 is 2.56 bits per heavy atom. The van der Waals surface area contributed by atoms with Crippen molar-refractivity contribution in [3.05, 3.63) is 42.5 Å². The summed E-state index contributed by atoms with van der Waals surface area (Å²) in [6, 6.07) is 7.60. The highest BCUT2D eigenvalue weighted by atomic mass is 16.3. The summed E-state index contributed by atoms with van der Waals surface area (Å²) in [5.74, 6) is 1.87. The lowest BCUT2D eigenvalue weighted by molar-refractivity contribution is 0.207. The van der Waals surface area contributed by atoms with Crippen LogP contribution in [0.25, 0.3) is 0 Å². The van der Waals surface area contributed by atoms with Crippen molar-refractivity contribution in [2.24, 2.45) is 0 Å². The second-order valence-corrected chi connectivity index (χ2v) is 7.21. The maximum atomic E-state index is 12.3. The summed E-state index contributed by atoms with van der Waals surface area (Å²) >= 11 is 0. The average Bonchev–Trinajstić information content (AvgIpc) is 3.45. The van der Waals surface area contributed by atoms with Crippen molar-refractivity contribution < 1.29 is 9.21 Å². The van der Waals surface area contributed by atoms with Crippen LogP contribution in [0.4, 0.5) is 16.3 Å². The van der Waals surface area contributed by atoms with E-state index in [0.717, 1.165) is 37.8 Å². The summed E-state index contributed by atoms with van der Waals surface area (Å²) in [4.78, 5) is 21.4. The lowest BCUT2D eigenvalue weighted by Crippen LogP contribution is -2.38. The normalized spacial score (nSPS) is 18.6. The molecule has 2 saturated heterocycles. The molecule has 7 heteroatoms. The molecule has 0 saturated carbocycles. The van der Waals surface area contributed by atoms with Crippen molar-refractivity contribution in [1.82, 2.24) is 15.2 Å². The number of carbonyl (C=O) groups excluding carboxylic acids is 1. The van der Waals surface area contributed by atoms with E-state index >= 15 is 0 Å². The van der Waals surface area contributed by atoms with E-state index in [4.69, 9.17) is 4.42 Å². The molecule has 2 aromatic heterocycles. The topological polar surface area (TPSA) is 73.6 Å². The molecule has 2 amide bonds. The molecule has 144 valence electrons. The molecule has 0 spiro atoms. The van der Waals surface area contributed by atoms with Gasteiger partial charge in [-0.05, 0) is 63.0 Å². The molecule has 0 unspecified atom stereocenters. The van der Waals surface area contributed by atoms with E-state index in [-0.39, 0.29) is 12.1 Å². The zero-order valence-electron chi connectivity index (χ0n) is 15.6. The minimum absolute atomic E-state index is 0.0731. The van der Waals surface area contributed by atoms with Crippen LogP contribution < -0.4 is 15.5 Å². The Morgan fingerprint density at radius 1 is 1.11 bits per heavy atom. The minimum Gasteiger partial charge on any atom is -0.468 e. The number of hydrogen-bond acceptors (Lipinski definition) is 5. The third-order valence-electron chi connectivity index (χ3n) is 5.34. The molecule has 0 radical (unpaired) electrons. The Bertz CT molecular complexity index is 719. The molecule has 1 atom stereocenters. The van der Waals surface area contributed by atoms with Gasteiger partial charge in [-0.25, -0.2) is 9.78 Å². The van der Waals surface area contributed by atoms with E-state index < -0.39 is 0 Å². The Balaban J connectivity index is 1.31. The van der Waals surface area contributed by atoms with E-state index in [1.165, 1.54) is 25.7 Å². The molecule has 2 N–H and O–H groups in total. The second-order valence-electron chi connectivity index (χ2n) is 7.21. The molecule has 2 aromatic rings. The van der Waals surface area contributed by atoms with Crippen molar-refractivity contribution in [1.29, 1.82) is 0 Å². The van der Waals surface area contributed by atoms with Gasteiger partial charge >= 0.3 is 6.03 Å². The maximum absolute atomic E-state index is 12.3. The van der Waals surface area contributed by atoms with Crippen molar-refractivity contribution in [3.63, 3.8) is 0 Å². The van der Waals surface area contributed by atoms with Gasteiger partial charge in [0.05, 0.1) is 24.2 Å². The number of hydrogen-bond donors (Lipinski definition) is 2. The number of nitrogens with one attached hydrogen (secondary N) is 2. The highest BCUT2D eigenvalue weighted by Crippen LogP contribution is 2.25. The molecule has 4 rings (SSSR count). The molecule has 0 aromatic carbocycles. The van der Waals surface area contributed by atoms with Crippen molar-refractivity contribution in [3.8, 4) is 0 Å². The molecular formula is C20H27N5O2. The summed E-state index contributed by atoms with van der Waals surface area (Å²) in [5, 5.41) is 5.85. The molecule has 4 heterocycles. The van der Waals surface area contributed by atoms with Gasteiger partial charge in [-0.15, -0.1) is 0 Å². The van der Waals surface area contributed by atoms with Crippen LogP contribution in [-0.4, -0.2) is 48.6 Å². The molecule has 2 aliphatic rings. The van der Waals surface area contributed by atoms with Crippen LogP contribution in [0.5, 0.6) is 0 Å². The van der Waals surface area contributed by atoms with Gasteiger partial charge in [0.1, 0.15) is 11.6 Å². The fourth-order valence-corrected chi connectivity index (χ4v) is 3.90. The minimum atomic E-state index is -0.221. The van der Waals surface area contributed by atoms with Crippen LogP contribution >= 0.6 is 0 Å². The number of carbonyl (C=O) groups is 1. The Kier molecular flexibility index (Phi) is 5.58. The molecule has 0 bridgehead atoms. The number of rotatable bonds is 6. The molecule has 7 nitrogen and oxygen atoms in total. The first kappa shape index (κ1) is 17.9. The van der Waals surface area contributed by atoms with E-state index in [1.54, 1.807) is 12.5 Å². The largest absolute Gasteiger partial charge is 0.468 e. The van der Waals surface area contributed by atoms with Gasteiger partial charge in [0.25, 0.3) is 0 Å². The molecular weight excluding hydrogens is 342 g/mol. The number of likely N-dealkylation sites (tertiary alicyclic amines) is 1. The SMILES string of the molecule is O=C(NC[C@H](c1ccco1)N1CCCC1)Nc1ccc(N2CCCC2)nc1. The second kappa shape index (κ2) is 8.43. The monoisotopic (exact) mass is 369 g/mol. The van der Waals surface area contributed by atoms with Crippen LogP contribution in [0.3, 0.4) is 0 Å². The number of pyridine rings is 1. The first-order valence-corrected chi connectivity index (χ1v) is 9.83. The van der Waals surface area contributed by atoms with Crippen molar-refractivity contribution >= 4 is 17.5 Å². The quantitative estimate of drug-likeness (QED) is 0.818. The maximum Gasteiger partial charge on any atom is 0.319 e. The predicted molar refractivity (Wildman–Crippen MR) is 105 cm³/mol. The Labute approximate surface area is 159 Å². The summed E-state index contributed by atoms with van der Waals surface area (Å²) in [6.07, 6.45) is 8.23. The lowest BCUT2D eigenvalue weighted by Gasteiger charge is -2.26. The van der Waals surface area contributed by atoms with E-state index in [2.05, 4.69) is 25.4 Å². The van der Waals surface area contributed by atoms with Crippen LogP contribution in [-0.2, 0) is 0 Å². The van der Waals surface area contributed by atoms with Gasteiger partial charge in [0.2, 0.25) is 0 Å². The fraction of sp³-hybridized carbons (Fsp3) is 0.500. The number of anilines is 2. The highest BCUT2D eigenvalue weighted by molar-refractivity contribution is 5.89. The third kappa shape index (κ3) is 4.42. The number of aromatic nitrogens is 1. The van der Waals surface area contributed by atoms with E-state index in [1.807, 2.05) is 24.3 Å². The zero-order chi connectivity index (χ0) is 18.5. The molecule has 2 fully saturated rings. The van der Waals surface area contributed by atoms with E-state index in [0.29, 0.717) is 12.2 Å². The Morgan fingerprint density at radius 2 is 1.89 bits per heavy atom. The van der Waals surface area contributed by atoms with Crippen LogP contribution in [0, 0.1) is 0 Å². The predicted octanol–water partition coefficient (Wildman–Crippen LogP) is 3.23. The number of nitrogens with zero attached hydrogens (tertiary/aromatic N) is 3. The average molecular weight is 369 g/mol. The Hall–Kier alpha value is -2.54. The number of amides is 2. The zero-order valence-corrected chi connectivity index (χ0v) is 15.6. The molecule has 2 aliphatic heterocycles. The van der Waals surface area contributed by atoms with Gasteiger partial charge in [-0.1, -0.05) is 0 Å².